The van der Waals surface area contributed by atoms with Gasteiger partial charge in [-0.2, -0.15) is 0 Å². The second kappa shape index (κ2) is 7.29. The second-order valence-electron chi connectivity index (χ2n) is 5.48. The lowest BCUT2D eigenvalue weighted by Crippen LogP contribution is -2.18. The van der Waals surface area contributed by atoms with Crippen LogP contribution in [0.15, 0.2) is 24.3 Å². The van der Waals surface area contributed by atoms with Gasteiger partial charge in [0.15, 0.2) is 0 Å². The molecule has 1 aromatic rings. The molecule has 1 aliphatic carbocycles. The highest BCUT2D eigenvalue weighted by Gasteiger charge is 2.16. The van der Waals surface area contributed by atoms with Crippen molar-refractivity contribution in [2.45, 2.75) is 45.1 Å². The van der Waals surface area contributed by atoms with Crippen LogP contribution in [0.4, 0.5) is 5.69 Å². The lowest BCUT2D eigenvalue weighted by atomic mass is 9.87. The van der Waals surface area contributed by atoms with Gasteiger partial charge in [0, 0.05) is 18.7 Å². The van der Waals surface area contributed by atoms with Gasteiger partial charge in [-0.1, -0.05) is 31.4 Å². The molecule has 0 unspecified atom stereocenters. The number of amides is 1. The van der Waals surface area contributed by atoms with Crippen molar-refractivity contribution in [1.29, 1.82) is 0 Å². The number of carbonyl (C=O) groups excluding carboxylic acids is 1. The number of hydrogen-bond acceptors (Lipinski definition) is 2. The minimum absolute atomic E-state index is 0.160. The molecule has 0 aliphatic heterocycles. The smallest absolute Gasteiger partial charge is 0.224 e. The van der Waals surface area contributed by atoms with Gasteiger partial charge >= 0.3 is 0 Å². The van der Waals surface area contributed by atoms with Crippen molar-refractivity contribution >= 4 is 11.6 Å². The fraction of sp³-hybridized carbons (Fsp3) is 0.562. The van der Waals surface area contributed by atoms with Crippen molar-refractivity contribution < 1.29 is 4.79 Å². The molecule has 1 fully saturated rings. The van der Waals surface area contributed by atoms with Crippen LogP contribution in [-0.4, -0.2) is 13.0 Å². The molecular formula is C16H24N2O. The molecule has 1 aromatic carbocycles. The van der Waals surface area contributed by atoms with Crippen LogP contribution in [0.2, 0.25) is 0 Å². The van der Waals surface area contributed by atoms with E-state index >= 15 is 0 Å². The SMILES string of the molecule is CNCc1ccc(NC(=O)CC2CCCCC2)cc1. The Morgan fingerprint density at radius 2 is 1.84 bits per heavy atom. The summed E-state index contributed by atoms with van der Waals surface area (Å²) in [4.78, 5) is 12.0. The predicted octanol–water partition coefficient (Wildman–Crippen LogP) is 3.31. The van der Waals surface area contributed by atoms with Crippen LogP contribution in [-0.2, 0) is 11.3 Å². The molecule has 2 rings (SSSR count). The van der Waals surface area contributed by atoms with Crippen molar-refractivity contribution in [2.24, 2.45) is 5.92 Å². The zero-order chi connectivity index (χ0) is 13.5. The average Bonchev–Trinajstić information content (AvgIpc) is 2.42. The minimum Gasteiger partial charge on any atom is -0.326 e. The molecule has 0 aromatic heterocycles. The van der Waals surface area contributed by atoms with Gasteiger partial charge in [-0.3, -0.25) is 4.79 Å². The van der Waals surface area contributed by atoms with E-state index in [-0.39, 0.29) is 5.91 Å². The first-order valence-corrected chi connectivity index (χ1v) is 7.31. The van der Waals surface area contributed by atoms with E-state index in [1.54, 1.807) is 0 Å². The fourth-order valence-electron chi connectivity index (χ4n) is 2.78. The Balaban J connectivity index is 1.80. The molecule has 1 saturated carbocycles. The van der Waals surface area contributed by atoms with Crippen LogP contribution in [0.1, 0.15) is 44.1 Å². The summed E-state index contributed by atoms with van der Waals surface area (Å²) in [7, 11) is 1.93. The van der Waals surface area contributed by atoms with Crippen LogP contribution < -0.4 is 10.6 Å². The maximum absolute atomic E-state index is 12.0. The summed E-state index contributed by atoms with van der Waals surface area (Å²) in [6, 6.07) is 8.05. The molecule has 2 N–H and O–H groups in total. The van der Waals surface area contributed by atoms with E-state index in [9.17, 15) is 4.79 Å². The first-order chi connectivity index (χ1) is 9.28. The van der Waals surface area contributed by atoms with Crippen molar-refractivity contribution in [1.82, 2.24) is 5.32 Å². The summed E-state index contributed by atoms with van der Waals surface area (Å²) in [6.07, 6.45) is 7.03. The fourth-order valence-corrected chi connectivity index (χ4v) is 2.78. The van der Waals surface area contributed by atoms with E-state index in [2.05, 4.69) is 10.6 Å². The molecule has 1 aliphatic rings. The van der Waals surface area contributed by atoms with Crippen LogP contribution in [0.25, 0.3) is 0 Å². The number of carbonyl (C=O) groups is 1. The molecule has 0 heterocycles. The van der Waals surface area contributed by atoms with Crippen molar-refractivity contribution in [3.8, 4) is 0 Å². The summed E-state index contributed by atoms with van der Waals surface area (Å²) < 4.78 is 0. The van der Waals surface area contributed by atoms with Gasteiger partial charge in [0.1, 0.15) is 0 Å². The second-order valence-corrected chi connectivity index (χ2v) is 5.48. The number of benzene rings is 1. The minimum atomic E-state index is 0.160. The van der Waals surface area contributed by atoms with Crippen LogP contribution >= 0.6 is 0 Å². The first kappa shape index (κ1) is 14.1. The Labute approximate surface area is 115 Å². The molecule has 0 radical (unpaired) electrons. The highest BCUT2D eigenvalue weighted by atomic mass is 16.1. The highest BCUT2D eigenvalue weighted by Crippen LogP contribution is 2.26. The molecule has 3 heteroatoms. The van der Waals surface area contributed by atoms with Gasteiger partial charge in [-0.25, -0.2) is 0 Å². The third kappa shape index (κ3) is 4.67. The summed E-state index contributed by atoms with van der Waals surface area (Å²) in [5.41, 5.74) is 2.13. The lowest BCUT2D eigenvalue weighted by molar-refractivity contribution is -0.117. The Hall–Kier alpha value is -1.35. The van der Waals surface area contributed by atoms with Gasteiger partial charge < -0.3 is 10.6 Å². The summed E-state index contributed by atoms with van der Waals surface area (Å²) in [5.74, 6) is 0.755. The monoisotopic (exact) mass is 260 g/mol. The largest absolute Gasteiger partial charge is 0.326 e. The topological polar surface area (TPSA) is 41.1 Å². The van der Waals surface area contributed by atoms with E-state index in [0.717, 1.165) is 12.2 Å². The normalized spacial score (nSPS) is 16.3. The van der Waals surface area contributed by atoms with Gasteiger partial charge in [-0.15, -0.1) is 0 Å². The van der Waals surface area contributed by atoms with Crippen molar-refractivity contribution in [3.05, 3.63) is 29.8 Å². The van der Waals surface area contributed by atoms with Gasteiger partial charge in [0.25, 0.3) is 0 Å². The zero-order valence-corrected chi connectivity index (χ0v) is 11.7. The van der Waals surface area contributed by atoms with Crippen LogP contribution in [0.5, 0.6) is 0 Å². The number of anilines is 1. The molecule has 19 heavy (non-hydrogen) atoms. The van der Waals surface area contributed by atoms with Crippen LogP contribution in [0.3, 0.4) is 0 Å². The molecular weight excluding hydrogens is 236 g/mol. The van der Waals surface area contributed by atoms with Gasteiger partial charge in [0.2, 0.25) is 5.91 Å². The zero-order valence-electron chi connectivity index (χ0n) is 11.7. The third-order valence-electron chi connectivity index (χ3n) is 3.82. The molecule has 104 valence electrons. The Kier molecular flexibility index (Phi) is 5.40. The summed E-state index contributed by atoms with van der Waals surface area (Å²) in [5, 5.41) is 6.11. The molecule has 0 bridgehead atoms. The summed E-state index contributed by atoms with van der Waals surface area (Å²) in [6.45, 7) is 0.857. The number of hydrogen-bond donors (Lipinski definition) is 2. The van der Waals surface area contributed by atoms with Crippen LogP contribution in [0, 0.1) is 5.92 Å². The van der Waals surface area contributed by atoms with Gasteiger partial charge in [-0.05, 0) is 43.5 Å². The Morgan fingerprint density at radius 3 is 2.47 bits per heavy atom. The quantitative estimate of drug-likeness (QED) is 0.852. The molecule has 3 nitrogen and oxygen atoms in total. The molecule has 0 saturated heterocycles. The van der Waals surface area contributed by atoms with E-state index < -0.39 is 0 Å². The molecule has 0 spiro atoms. The lowest BCUT2D eigenvalue weighted by Gasteiger charge is -2.20. The van der Waals surface area contributed by atoms with E-state index in [1.807, 2.05) is 31.3 Å². The predicted molar refractivity (Wildman–Crippen MR) is 79.0 cm³/mol. The van der Waals surface area contributed by atoms with Crippen molar-refractivity contribution in [2.75, 3.05) is 12.4 Å². The highest BCUT2D eigenvalue weighted by molar-refractivity contribution is 5.90. The third-order valence-corrected chi connectivity index (χ3v) is 3.82. The Morgan fingerprint density at radius 1 is 1.16 bits per heavy atom. The van der Waals surface area contributed by atoms with E-state index in [1.165, 1.54) is 37.7 Å². The van der Waals surface area contributed by atoms with E-state index in [0.29, 0.717) is 12.3 Å². The van der Waals surface area contributed by atoms with Gasteiger partial charge in [0.05, 0.1) is 0 Å². The Bertz CT molecular complexity index is 394. The maximum atomic E-state index is 12.0. The maximum Gasteiger partial charge on any atom is 0.224 e. The van der Waals surface area contributed by atoms with Crippen molar-refractivity contribution in [3.63, 3.8) is 0 Å². The first-order valence-electron chi connectivity index (χ1n) is 7.31. The number of nitrogens with one attached hydrogen (secondary N) is 2. The summed E-state index contributed by atoms with van der Waals surface area (Å²) >= 11 is 0. The average molecular weight is 260 g/mol. The number of rotatable bonds is 5. The molecule has 0 atom stereocenters. The standard InChI is InChI=1S/C16H24N2O/c1-17-12-14-7-9-15(10-8-14)18-16(19)11-13-5-3-2-4-6-13/h7-10,13,17H,2-6,11-12H2,1H3,(H,18,19). The molecule has 1 amide bonds. The van der Waals surface area contributed by atoms with E-state index in [4.69, 9.17) is 0 Å².